The molecule has 0 bridgehead atoms. The van der Waals surface area contributed by atoms with E-state index < -0.39 is 10.9 Å². The summed E-state index contributed by atoms with van der Waals surface area (Å²) in [5.74, 6) is -1.11. The van der Waals surface area contributed by atoms with Crippen molar-refractivity contribution in [2.75, 3.05) is 0 Å². The Morgan fingerprint density at radius 3 is 2.47 bits per heavy atom. The molecule has 0 saturated heterocycles. The predicted octanol–water partition coefficient (Wildman–Crippen LogP) is 2.75. The molecule has 0 aromatic heterocycles. The number of nitro groups is 1. The lowest BCUT2D eigenvalue weighted by atomic mass is 10.1. The summed E-state index contributed by atoms with van der Waals surface area (Å²) >= 11 is 5.86. The van der Waals surface area contributed by atoms with Crippen LogP contribution in [0.5, 0.6) is 0 Å². The number of carbonyl (C=O) groups is 1. The van der Waals surface area contributed by atoms with Crippen molar-refractivity contribution in [1.82, 2.24) is 0 Å². The van der Waals surface area contributed by atoms with Gasteiger partial charge in [0.2, 0.25) is 6.20 Å². The summed E-state index contributed by atoms with van der Waals surface area (Å²) in [5, 5.41) is 19.1. The smallest absolute Gasteiger partial charge is 0.336 e. The SMILES string of the molecule is O=C(O)c1ccccc1C(Cl)=CC=C[N+](=O)[O-]. The van der Waals surface area contributed by atoms with Crippen LogP contribution < -0.4 is 0 Å². The summed E-state index contributed by atoms with van der Waals surface area (Å²) in [5.41, 5.74) is 0.359. The van der Waals surface area contributed by atoms with Crippen LogP contribution >= 0.6 is 11.6 Å². The van der Waals surface area contributed by atoms with E-state index >= 15 is 0 Å². The third-order valence-electron chi connectivity index (χ3n) is 1.87. The monoisotopic (exact) mass is 253 g/mol. The van der Waals surface area contributed by atoms with Crippen molar-refractivity contribution in [1.29, 1.82) is 0 Å². The molecule has 6 heteroatoms. The molecule has 1 aromatic rings. The third-order valence-corrected chi connectivity index (χ3v) is 2.19. The fraction of sp³-hybridized carbons (Fsp3) is 0. The highest BCUT2D eigenvalue weighted by Crippen LogP contribution is 2.22. The number of hydrogen-bond acceptors (Lipinski definition) is 3. The molecule has 88 valence electrons. The number of nitrogens with zero attached hydrogens (tertiary/aromatic N) is 1. The summed E-state index contributed by atoms with van der Waals surface area (Å²) in [4.78, 5) is 20.3. The van der Waals surface area contributed by atoms with Gasteiger partial charge in [0.25, 0.3) is 0 Å². The fourth-order valence-electron chi connectivity index (χ4n) is 1.17. The molecule has 0 radical (unpaired) electrons. The zero-order valence-electron chi connectivity index (χ0n) is 8.54. The van der Waals surface area contributed by atoms with E-state index in [1.807, 2.05) is 0 Å². The van der Waals surface area contributed by atoms with Crippen LogP contribution in [0.4, 0.5) is 0 Å². The van der Waals surface area contributed by atoms with Crippen LogP contribution in [0, 0.1) is 10.1 Å². The molecule has 0 aliphatic rings. The standard InChI is InChI=1S/C11H8ClNO4/c12-10(6-3-7-13(16)17)8-4-1-2-5-9(8)11(14)15/h1-7H,(H,14,15). The van der Waals surface area contributed by atoms with E-state index in [1.54, 1.807) is 12.1 Å². The van der Waals surface area contributed by atoms with E-state index in [2.05, 4.69) is 0 Å². The minimum absolute atomic E-state index is 0.0447. The summed E-state index contributed by atoms with van der Waals surface area (Å²) in [6.45, 7) is 0. The van der Waals surface area contributed by atoms with Gasteiger partial charge >= 0.3 is 5.97 Å². The second-order valence-corrected chi connectivity index (χ2v) is 3.40. The van der Waals surface area contributed by atoms with Gasteiger partial charge in [0.05, 0.1) is 10.5 Å². The Hall–Kier alpha value is -2.14. The minimum atomic E-state index is -1.11. The number of carboxylic acids is 1. The highest BCUT2D eigenvalue weighted by atomic mass is 35.5. The number of rotatable bonds is 4. The minimum Gasteiger partial charge on any atom is -0.478 e. The molecule has 1 rings (SSSR count). The van der Waals surface area contributed by atoms with E-state index in [4.69, 9.17) is 16.7 Å². The van der Waals surface area contributed by atoms with Crippen LogP contribution in [0.3, 0.4) is 0 Å². The zero-order valence-corrected chi connectivity index (χ0v) is 9.29. The summed E-state index contributed by atoms with van der Waals surface area (Å²) in [6, 6.07) is 6.15. The number of carboxylic acid groups (broad SMARTS) is 1. The lowest BCUT2D eigenvalue weighted by Crippen LogP contribution is -1.99. The molecular weight excluding hydrogens is 246 g/mol. The Labute approximate surface area is 102 Å². The van der Waals surface area contributed by atoms with Crippen molar-refractivity contribution in [3.63, 3.8) is 0 Å². The maximum absolute atomic E-state index is 10.9. The largest absolute Gasteiger partial charge is 0.478 e. The van der Waals surface area contributed by atoms with Gasteiger partial charge < -0.3 is 5.11 Å². The Morgan fingerprint density at radius 1 is 1.35 bits per heavy atom. The average molecular weight is 254 g/mol. The van der Waals surface area contributed by atoms with Gasteiger partial charge in [-0.15, -0.1) is 0 Å². The topological polar surface area (TPSA) is 80.4 Å². The van der Waals surface area contributed by atoms with Crippen molar-refractivity contribution in [3.8, 4) is 0 Å². The lowest BCUT2D eigenvalue weighted by Gasteiger charge is -2.02. The van der Waals surface area contributed by atoms with Crippen LogP contribution in [0.1, 0.15) is 15.9 Å². The van der Waals surface area contributed by atoms with Crippen LogP contribution in [-0.4, -0.2) is 16.0 Å². The first-order valence-corrected chi connectivity index (χ1v) is 4.90. The van der Waals surface area contributed by atoms with Gasteiger partial charge in [-0.05, 0) is 12.1 Å². The van der Waals surface area contributed by atoms with E-state index in [0.29, 0.717) is 11.8 Å². The molecule has 0 atom stereocenters. The van der Waals surface area contributed by atoms with E-state index in [9.17, 15) is 14.9 Å². The lowest BCUT2D eigenvalue weighted by molar-refractivity contribution is -0.402. The summed E-state index contributed by atoms with van der Waals surface area (Å²) in [6.07, 6.45) is 3.12. The van der Waals surface area contributed by atoms with E-state index in [1.165, 1.54) is 18.2 Å². The van der Waals surface area contributed by atoms with Crippen LogP contribution in [-0.2, 0) is 0 Å². The second kappa shape index (κ2) is 5.81. The van der Waals surface area contributed by atoms with Gasteiger partial charge in [0.1, 0.15) is 0 Å². The average Bonchev–Trinajstić information content (AvgIpc) is 2.28. The van der Waals surface area contributed by atoms with E-state index in [-0.39, 0.29) is 10.6 Å². The molecule has 0 amide bonds. The van der Waals surface area contributed by atoms with Crippen molar-refractivity contribution >= 4 is 22.6 Å². The quantitative estimate of drug-likeness (QED) is 0.508. The first-order chi connectivity index (χ1) is 8.02. The molecule has 0 unspecified atom stereocenters. The van der Waals surface area contributed by atoms with Gasteiger partial charge in [-0.1, -0.05) is 29.8 Å². The van der Waals surface area contributed by atoms with Gasteiger partial charge in [-0.3, -0.25) is 10.1 Å². The summed E-state index contributed by atoms with van der Waals surface area (Å²) in [7, 11) is 0. The predicted molar refractivity (Wildman–Crippen MR) is 63.4 cm³/mol. The molecule has 1 aromatic carbocycles. The molecule has 0 saturated carbocycles. The Morgan fingerprint density at radius 2 is 1.94 bits per heavy atom. The fourth-order valence-corrected chi connectivity index (χ4v) is 1.40. The van der Waals surface area contributed by atoms with Gasteiger partial charge in [0.15, 0.2) is 0 Å². The molecule has 1 N–H and O–H groups in total. The van der Waals surface area contributed by atoms with Crippen molar-refractivity contribution in [3.05, 3.63) is 63.9 Å². The van der Waals surface area contributed by atoms with Gasteiger partial charge in [-0.25, -0.2) is 4.79 Å². The van der Waals surface area contributed by atoms with Crippen LogP contribution in [0.15, 0.2) is 42.6 Å². The molecule has 5 nitrogen and oxygen atoms in total. The second-order valence-electron chi connectivity index (χ2n) is 2.99. The van der Waals surface area contributed by atoms with Crippen LogP contribution in [0.2, 0.25) is 0 Å². The van der Waals surface area contributed by atoms with Crippen molar-refractivity contribution < 1.29 is 14.8 Å². The van der Waals surface area contributed by atoms with Crippen molar-refractivity contribution in [2.45, 2.75) is 0 Å². The molecule has 0 aliphatic heterocycles. The highest BCUT2D eigenvalue weighted by Gasteiger charge is 2.10. The zero-order chi connectivity index (χ0) is 12.8. The first kappa shape index (κ1) is 12.9. The molecule has 17 heavy (non-hydrogen) atoms. The molecule has 0 fully saturated rings. The third kappa shape index (κ3) is 3.73. The van der Waals surface area contributed by atoms with Gasteiger partial charge in [0, 0.05) is 16.7 Å². The number of hydrogen-bond donors (Lipinski definition) is 1. The highest BCUT2D eigenvalue weighted by molar-refractivity contribution is 6.49. The van der Waals surface area contributed by atoms with Crippen molar-refractivity contribution in [2.24, 2.45) is 0 Å². The Kier molecular flexibility index (Phi) is 4.42. The maximum Gasteiger partial charge on any atom is 0.336 e. The van der Waals surface area contributed by atoms with Gasteiger partial charge in [-0.2, -0.15) is 0 Å². The van der Waals surface area contributed by atoms with E-state index in [0.717, 1.165) is 6.08 Å². The molecule has 0 aliphatic carbocycles. The first-order valence-electron chi connectivity index (χ1n) is 4.52. The Bertz CT molecular complexity index is 508. The normalized spacial score (nSPS) is 11.7. The number of halogens is 1. The Balaban J connectivity index is 3.08. The number of allylic oxidation sites excluding steroid dienone is 2. The number of aromatic carboxylic acids is 1. The number of benzene rings is 1. The maximum atomic E-state index is 10.9. The molecule has 0 spiro atoms. The van der Waals surface area contributed by atoms with Crippen LogP contribution in [0.25, 0.3) is 5.03 Å². The summed E-state index contributed by atoms with van der Waals surface area (Å²) < 4.78 is 0. The molecule has 0 heterocycles. The molecular formula is C11H8ClNO4.